The average Bonchev–Trinajstić information content (AvgIpc) is 3.18. The predicted molar refractivity (Wildman–Crippen MR) is 104 cm³/mol. The molecule has 4 rings (SSSR count). The van der Waals surface area contributed by atoms with E-state index in [-0.39, 0.29) is 24.4 Å². The molecule has 2 heterocycles. The lowest BCUT2D eigenvalue weighted by atomic mass is 10.0. The van der Waals surface area contributed by atoms with Gasteiger partial charge in [0.25, 0.3) is 0 Å². The molecule has 27 heavy (non-hydrogen) atoms. The highest BCUT2D eigenvalue weighted by Crippen LogP contribution is 2.37. The average molecular weight is 391 g/mol. The van der Waals surface area contributed by atoms with Crippen LogP contribution < -0.4 is 11.1 Å². The van der Waals surface area contributed by atoms with Crippen LogP contribution in [-0.4, -0.2) is 48.5 Å². The predicted octanol–water partition coefficient (Wildman–Crippen LogP) is 0.903. The minimum absolute atomic E-state index is 0. The third-order valence-electron chi connectivity index (χ3n) is 5.06. The van der Waals surface area contributed by atoms with Crippen LogP contribution in [0.3, 0.4) is 0 Å². The normalized spacial score (nSPS) is 24.8. The van der Waals surface area contributed by atoms with Crippen molar-refractivity contribution >= 4 is 29.4 Å². The number of benzene rings is 1. The maximum atomic E-state index is 10.5. The molecule has 8 nitrogen and oxygen atoms in total. The molecule has 1 aromatic carbocycles. The first-order valence-electron chi connectivity index (χ1n) is 8.69. The van der Waals surface area contributed by atoms with Gasteiger partial charge in [0.05, 0.1) is 18.5 Å². The number of fused-ring (bicyclic) bond motifs is 1. The summed E-state index contributed by atoms with van der Waals surface area (Å²) in [6, 6.07) is 9.79. The lowest BCUT2D eigenvalue weighted by Gasteiger charge is -2.24. The summed E-state index contributed by atoms with van der Waals surface area (Å²) in [5.74, 6) is 0.345. The van der Waals surface area contributed by atoms with Crippen LogP contribution in [-0.2, 0) is 6.54 Å². The Labute approximate surface area is 162 Å². The Morgan fingerprint density at radius 2 is 1.93 bits per heavy atom. The Kier molecular flexibility index (Phi) is 5.91. The number of halogens is 1. The zero-order valence-electron chi connectivity index (χ0n) is 14.6. The number of hydrogen-bond acceptors (Lipinski definition) is 7. The summed E-state index contributed by atoms with van der Waals surface area (Å²) in [4.78, 5) is 12.5. The Bertz CT molecular complexity index is 890. The third-order valence-corrected chi connectivity index (χ3v) is 5.06. The summed E-state index contributed by atoms with van der Waals surface area (Å²) in [5, 5.41) is 24.2. The van der Waals surface area contributed by atoms with Gasteiger partial charge in [-0.2, -0.15) is 0 Å². The second kappa shape index (κ2) is 8.18. The molecule has 2 aromatic heterocycles. The molecule has 0 amide bonds. The molecule has 0 aliphatic heterocycles. The number of aliphatic hydroxyl groups excluding tert-OH is 2. The molecule has 1 aliphatic rings. The molecule has 9 heteroatoms. The summed E-state index contributed by atoms with van der Waals surface area (Å²) in [6.45, 7) is 1.39. The van der Waals surface area contributed by atoms with Gasteiger partial charge in [0.15, 0.2) is 11.5 Å². The van der Waals surface area contributed by atoms with Crippen LogP contribution in [0, 0.1) is 5.92 Å². The first kappa shape index (κ1) is 19.5. The maximum Gasteiger partial charge on any atom is 0.165 e. The number of nitrogens with zero attached hydrogens (tertiary/aromatic N) is 4. The molecule has 3 aromatic rings. The van der Waals surface area contributed by atoms with Gasteiger partial charge in [-0.05, 0) is 17.9 Å². The van der Waals surface area contributed by atoms with Gasteiger partial charge in [0, 0.05) is 13.1 Å². The molecule has 144 valence electrons. The Balaban J connectivity index is 0.00000210. The largest absolute Gasteiger partial charge is 0.390 e. The number of nitrogen functional groups attached to an aromatic ring is 1. The van der Waals surface area contributed by atoms with E-state index in [9.17, 15) is 10.2 Å². The molecule has 0 bridgehead atoms. The molecular formula is C18H23ClN6O2. The number of anilines is 1. The number of rotatable bonds is 5. The number of aliphatic hydroxyl groups is 2. The van der Waals surface area contributed by atoms with Crippen molar-refractivity contribution in [2.75, 3.05) is 12.3 Å². The zero-order valence-corrected chi connectivity index (χ0v) is 15.5. The highest BCUT2D eigenvalue weighted by molar-refractivity contribution is 5.85. The molecule has 0 radical (unpaired) electrons. The first-order chi connectivity index (χ1) is 12.6. The van der Waals surface area contributed by atoms with Crippen LogP contribution in [0.2, 0.25) is 0 Å². The Morgan fingerprint density at radius 3 is 2.70 bits per heavy atom. The number of nitrogens with one attached hydrogen (secondary N) is 1. The fraction of sp³-hybridized carbons (Fsp3) is 0.389. The molecule has 5 N–H and O–H groups in total. The fourth-order valence-corrected chi connectivity index (χ4v) is 3.78. The van der Waals surface area contributed by atoms with Crippen LogP contribution in [0.15, 0.2) is 43.0 Å². The molecule has 1 aliphatic carbocycles. The fourth-order valence-electron chi connectivity index (χ4n) is 3.78. The van der Waals surface area contributed by atoms with Gasteiger partial charge < -0.3 is 25.8 Å². The van der Waals surface area contributed by atoms with E-state index in [2.05, 4.69) is 32.4 Å². The van der Waals surface area contributed by atoms with Gasteiger partial charge in [-0.15, -0.1) is 12.4 Å². The van der Waals surface area contributed by atoms with Gasteiger partial charge in [0.1, 0.15) is 17.9 Å². The van der Waals surface area contributed by atoms with Gasteiger partial charge >= 0.3 is 0 Å². The maximum absolute atomic E-state index is 10.5. The number of aromatic nitrogens is 4. The smallest absolute Gasteiger partial charge is 0.165 e. The minimum Gasteiger partial charge on any atom is -0.390 e. The summed E-state index contributed by atoms with van der Waals surface area (Å²) < 4.78 is 1.81. The quantitative estimate of drug-likeness (QED) is 0.510. The van der Waals surface area contributed by atoms with E-state index in [0.717, 1.165) is 6.54 Å². The highest BCUT2D eigenvalue weighted by Gasteiger charge is 2.43. The summed E-state index contributed by atoms with van der Waals surface area (Å²) >= 11 is 0. The van der Waals surface area contributed by atoms with E-state index in [0.29, 0.717) is 29.9 Å². The second-order valence-electron chi connectivity index (χ2n) is 6.74. The van der Waals surface area contributed by atoms with Crippen LogP contribution in [0.1, 0.15) is 18.0 Å². The molecule has 0 saturated heterocycles. The van der Waals surface area contributed by atoms with Crippen LogP contribution in [0.5, 0.6) is 0 Å². The topological polar surface area (TPSA) is 122 Å². The van der Waals surface area contributed by atoms with Crippen molar-refractivity contribution in [3.05, 3.63) is 48.5 Å². The van der Waals surface area contributed by atoms with E-state index in [1.54, 1.807) is 6.33 Å². The van der Waals surface area contributed by atoms with Crippen molar-refractivity contribution in [2.24, 2.45) is 5.92 Å². The lowest BCUT2D eigenvalue weighted by molar-refractivity contribution is 0.0230. The van der Waals surface area contributed by atoms with Crippen molar-refractivity contribution in [3.8, 4) is 0 Å². The number of hydrogen-bond donors (Lipinski definition) is 4. The van der Waals surface area contributed by atoms with E-state index >= 15 is 0 Å². The van der Waals surface area contributed by atoms with E-state index in [1.807, 2.05) is 22.8 Å². The van der Waals surface area contributed by atoms with Gasteiger partial charge in [-0.3, -0.25) is 0 Å². The SMILES string of the molecule is Cl.Nc1ncnc2c1ncn2[C@H]1[C@H](CNCc2ccccc2)C[C@H](O)[C@@H]1O. The van der Waals surface area contributed by atoms with E-state index in [1.165, 1.54) is 11.9 Å². The molecule has 0 unspecified atom stereocenters. The Morgan fingerprint density at radius 1 is 1.15 bits per heavy atom. The van der Waals surface area contributed by atoms with E-state index in [4.69, 9.17) is 5.73 Å². The molecule has 0 spiro atoms. The highest BCUT2D eigenvalue weighted by atomic mass is 35.5. The van der Waals surface area contributed by atoms with Crippen LogP contribution in [0.4, 0.5) is 5.82 Å². The van der Waals surface area contributed by atoms with Crippen molar-refractivity contribution < 1.29 is 10.2 Å². The summed E-state index contributed by atoms with van der Waals surface area (Å²) in [5.41, 5.74) is 8.13. The standard InChI is InChI=1S/C18H22N6O2.ClH/c19-17-14-18(22-9-21-17)24(10-23-14)15-12(6-13(25)16(15)26)8-20-7-11-4-2-1-3-5-11;/h1-5,9-10,12-13,15-16,20,25-26H,6-8H2,(H2,19,21,22);1H/t12-,13-,15-,16-;/m0./s1. The zero-order chi connectivity index (χ0) is 18.1. The first-order valence-corrected chi connectivity index (χ1v) is 8.69. The van der Waals surface area contributed by atoms with Crippen LogP contribution in [0.25, 0.3) is 11.2 Å². The van der Waals surface area contributed by atoms with Gasteiger partial charge in [-0.1, -0.05) is 30.3 Å². The molecule has 1 saturated carbocycles. The van der Waals surface area contributed by atoms with Gasteiger partial charge in [0.2, 0.25) is 0 Å². The van der Waals surface area contributed by atoms with Crippen molar-refractivity contribution in [3.63, 3.8) is 0 Å². The number of imidazole rings is 1. The van der Waals surface area contributed by atoms with Gasteiger partial charge in [-0.25, -0.2) is 15.0 Å². The monoisotopic (exact) mass is 390 g/mol. The lowest BCUT2D eigenvalue weighted by Crippen LogP contribution is -2.32. The number of nitrogens with two attached hydrogens (primary N) is 1. The minimum atomic E-state index is -0.882. The molecule has 4 atom stereocenters. The summed E-state index contributed by atoms with van der Waals surface area (Å²) in [6.07, 6.45) is 1.85. The third kappa shape index (κ3) is 3.74. The van der Waals surface area contributed by atoms with Crippen LogP contribution >= 0.6 is 12.4 Å². The molecular weight excluding hydrogens is 368 g/mol. The van der Waals surface area contributed by atoms with Crippen molar-refractivity contribution in [2.45, 2.75) is 31.2 Å². The van der Waals surface area contributed by atoms with Crippen molar-refractivity contribution in [1.29, 1.82) is 0 Å². The van der Waals surface area contributed by atoms with E-state index < -0.39 is 12.2 Å². The molecule has 1 fully saturated rings. The van der Waals surface area contributed by atoms with Crippen molar-refractivity contribution in [1.82, 2.24) is 24.8 Å². The summed E-state index contributed by atoms with van der Waals surface area (Å²) in [7, 11) is 0. The Hall–Kier alpha value is -2.26. The second-order valence-corrected chi connectivity index (χ2v) is 6.74.